The van der Waals surface area contributed by atoms with E-state index < -0.39 is 0 Å². The molecule has 7 heteroatoms. The van der Waals surface area contributed by atoms with E-state index in [0.29, 0.717) is 24.2 Å². The average molecular weight is 547 g/mol. The van der Waals surface area contributed by atoms with Crippen molar-refractivity contribution in [2.75, 3.05) is 25.4 Å². The van der Waals surface area contributed by atoms with Gasteiger partial charge in [-0.15, -0.1) is 0 Å². The number of nitrogens with zero attached hydrogens (tertiary/aromatic N) is 3. The van der Waals surface area contributed by atoms with Crippen molar-refractivity contribution in [3.63, 3.8) is 0 Å². The molecular weight excluding hydrogens is 488 g/mol. The van der Waals surface area contributed by atoms with Crippen molar-refractivity contribution in [3.05, 3.63) is 0 Å². The molecule has 0 heterocycles. The van der Waals surface area contributed by atoms with Gasteiger partial charge in [0.1, 0.15) is 0 Å². The lowest BCUT2D eigenvalue weighted by atomic mass is 9.95. The number of nitrogens with one attached hydrogen (secondary N) is 3. The molecule has 4 saturated carbocycles. The summed E-state index contributed by atoms with van der Waals surface area (Å²) in [6.07, 6.45) is 27.5. The zero-order chi connectivity index (χ0) is 26.3. The first-order valence-electron chi connectivity index (χ1n) is 16.6. The highest BCUT2D eigenvalue weighted by Gasteiger charge is 2.22. The van der Waals surface area contributed by atoms with Gasteiger partial charge in [0.05, 0.1) is 12.6 Å². The second-order valence-corrected chi connectivity index (χ2v) is 12.9. The molecule has 0 unspecified atom stereocenters. The third kappa shape index (κ3) is 10.8. The number of thiol groups is 1. The van der Waals surface area contributed by atoms with Gasteiger partial charge >= 0.3 is 0 Å². The van der Waals surface area contributed by atoms with Crippen LogP contribution in [0.25, 0.3) is 0 Å². The average Bonchev–Trinajstić information content (AvgIpc) is 2.97. The van der Waals surface area contributed by atoms with E-state index in [4.69, 9.17) is 9.98 Å². The molecule has 0 aromatic rings. The number of aliphatic imine (C=N–C) groups is 2. The van der Waals surface area contributed by atoms with E-state index in [0.717, 1.165) is 43.7 Å². The second-order valence-electron chi connectivity index (χ2n) is 12.5. The maximum Gasteiger partial charge on any atom is 0.194 e. The van der Waals surface area contributed by atoms with Crippen LogP contribution in [0.1, 0.15) is 135 Å². The van der Waals surface area contributed by atoms with Crippen LogP contribution in [-0.2, 0) is 0 Å². The van der Waals surface area contributed by atoms with Gasteiger partial charge in [0.15, 0.2) is 11.9 Å². The van der Waals surface area contributed by atoms with Crippen molar-refractivity contribution in [1.82, 2.24) is 20.9 Å². The Kier molecular flexibility index (Phi) is 13.8. The van der Waals surface area contributed by atoms with E-state index in [1.54, 1.807) is 0 Å². The maximum absolute atomic E-state index is 5.39. The second kappa shape index (κ2) is 17.6. The standard InChI is InChI=1S/C31H58N6S/c38-25-13-23-37(31(35-28-18-9-3-10-19-28)36-29-20-11-4-12-21-29)24-22-32-30(33-26-14-5-1-6-15-26)34-27-16-7-2-8-17-27/h26-29,38H,1-25H2,(H,35,36)(H2,32,33,34). The molecule has 0 aromatic carbocycles. The van der Waals surface area contributed by atoms with Crippen molar-refractivity contribution in [2.45, 2.75) is 159 Å². The minimum absolute atomic E-state index is 0.480. The molecule has 218 valence electrons. The first-order chi connectivity index (χ1) is 18.8. The van der Waals surface area contributed by atoms with Gasteiger partial charge in [-0.2, -0.15) is 12.6 Å². The summed E-state index contributed by atoms with van der Waals surface area (Å²) in [5, 5.41) is 11.6. The third-order valence-electron chi connectivity index (χ3n) is 9.24. The predicted molar refractivity (Wildman–Crippen MR) is 167 cm³/mol. The summed E-state index contributed by atoms with van der Waals surface area (Å²) >= 11 is 4.56. The van der Waals surface area contributed by atoms with E-state index >= 15 is 0 Å². The fraction of sp³-hybridized carbons (Fsp3) is 0.935. The van der Waals surface area contributed by atoms with E-state index in [1.165, 1.54) is 128 Å². The third-order valence-corrected chi connectivity index (χ3v) is 9.55. The van der Waals surface area contributed by atoms with Crippen molar-refractivity contribution in [2.24, 2.45) is 9.98 Å². The van der Waals surface area contributed by atoms with Crippen LogP contribution in [0, 0.1) is 0 Å². The van der Waals surface area contributed by atoms with Gasteiger partial charge < -0.3 is 20.9 Å². The van der Waals surface area contributed by atoms with E-state index in [-0.39, 0.29) is 0 Å². The van der Waals surface area contributed by atoms with Gasteiger partial charge in [-0.1, -0.05) is 77.0 Å². The van der Waals surface area contributed by atoms with Crippen molar-refractivity contribution >= 4 is 24.5 Å². The highest BCUT2D eigenvalue weighted by Crippen LogP contribution is 2.22. The van der Waals surface area contributed by atoms with Crippen LogP contribution in [0.4, 0.5) is 0 Å². The summed E-state index contributed by atoms with van der Waals surface area (Å²) in [6, 6.07) is 2.21. The Hall–Kier alpha value is -1.11. The molecule has 0 amide bonds. The molecule has 4 rings (SSSR count). The fourth-order valence-corrected chi connectivity index (χ4v) is 7.05. The first-order valence-corrected chi connectivity index (χ1v) is 17.2. The molecule has 0 spiro atoms. The molecule has 4 fully saturated rings. The van der Waals surface area contributed by atoms with Crippen LogP contribution in [0.15, 0.2) is 9.98 Å². The van der Waals surface area contributed by atoms with Crippen molar-refractivity contribution in [3.8, 4) is 0 Å². The molecular formula is C31H58N6S. The molecule has 0 saturated heterocycles. The number of hydrogen-bond donors (Lipinski definition) is 4. The van der Waals surface area contributed by atoms with E-state index in [1.807, 2.05) is 0 Å². The van der Waals surface area contributed by atoms with Gasteiger partial charge in [0.2, 0.25) is 0 Å². The molecule has 0 aliphatic heterocycles. The van der Waals surface area contributed by atoms with E-state index in [9.17, 15) is 0 Å². The van der Waals surface area contributed by atoms with Crippen LogP contribution in [0.2, 0.25) is 0 Å². The van der Waals surface area contributed by atoms with Gasteiger partial charge in [0.25, 0.3) is 0 Å². The van der Waals surface area contributed by atoms with Gasteiger partial charge in [-0.05, 0) is 63.5 Å². The van der Waals surface area contributed by atoms with Crippen molar-refractivity contribution < 1.29 is 0 Å². The highest BCUT2D eigenvalue weighted by atomic mass is 32.1. The van der Waals surface area contributed by atoms with Gasteiger partial charge in [-0.25, -0.2) is 4.99 Å². The van der Waals surface area contributed by atoms with Crippen LogP contribution < -0.4 is 16.0 Å². The lowest BCUT2D eigenvalue weighted by Crippen LogP contribution is -2.50. The Labute approximate surface area is 239 Å². The zero-order valence-corrected chi connectivity index (χ0v) is 25.2. The summed E-state index contributed by atoms with van der Waals surface area (Å²) < 4.78 is 0. The lowest BCUT2D eigenvalue weighted by molar-refractivity contribution is 0.358. The topological polar surface area (TPSA) is 64.0 Å². The Bertz CT molecular complexity index is 666. The Balaban J connectivity index is 1.43. The van der Waals surface area contributed by atoms with Gasteiger partial charge in [0, 0.05) is 31.2 Å². The fourth-order valence-electron chi connectivity index (χ4n) is 6.90. The smallest absolute Gasteiger partial charge is 0.194 e. The maximum atomic E-state index is 5.39. The SMILES string of the molecule is SCCCN(CCN=C(NC1CCCCC1)NC1CCCCC1)/C(=N\C1CCCCC1)NC1CCCCC1. The molecule has 38 heavy (non-hydrogen) atoms. The Morgan fingerprint density at radius 1 is 0.605 bits per heavy atom. The zero-order valence-electron chi connectivity index (χ0n) is 24.3. The predicted octanol–water partition coefficient (Wildman–Crippen LogP) is 6.42. The van der Waals surface area contributed by atoms with E-state index in [2.05, 4.69) is 33.5 Å². The number of guanidine groups is 2. The number of rotatable bonds is 10. The summed E-state index contributed by atoms with van der Waals surface area (Å²) in [5.41, 5.74) is 0. The Morgan fingerprint density at radius 2 is 1.08 bits per heavy atom. The molecule has 0 atom stereocenters. The molecule has 4 aliphatic rings. The van der Waals surface area contributed by atoms with Gasteiger partial charge in [-0.3, -0.25) is 4.99 Å². The lowest BCUT2D eigenvalue weighted by Gasteiger charge is -2.33. The van der Waals surface area contributed by atoms with Crippen LogP contribution in [-0.4, -0.2) is 66.4 Å². The summed E-state index contributed by atoms with van der Waals surface area (Å²) in [7, 11) is 0. The molecule has 4 aliphatic carbocycles. The summed E-state index contributed by atoms with van der Waals surface area (Å²) in [4.78, 5) is 13.1. The summed E-state index contributed by atoms with van der Waals surface area (Å²) in [5.74, 6) is 3.13. The van der Waals surface area contributed by atoms with Crippen LogP contribution >= 0.6 is 12.6 Å². The van der Waals surface area contributed by atoms with Crippen LogP contribution in [0.3, 0.4) is 0 Å². The molecule has 0 bridgehead atoms. The quantitative estimate of drug-likeness (QED) is 0.145. The van der Waals surface area contributed by atoms with Crippen molar-refractivity contribution in [1.29, 1.82) is 0 Å². The monoisotopic (exact) mass is 546 g/mol. The minimum Gasteiger partial charge on any atom is -0.354 e. The Morgan fingerprint density at radius 3 is 1.58 bits per heavy atom. The normalized spacial score (nSPS) is 23.1. The molecule has 0 radical (unpaired) electrons. The molecule has 3 N–H and O–H groups in total. The largest absolute Gasteiger partial charge is 0.354 e. The summed E-state index contributed by atoms with van der Waals surface area (Å²) in [6.45, 7) is 2.73. The minimum atomic E-state index is 0.480. The number of hydrogen-bond acceptors (Lipinski definition) is 3. The molecule has 6 nitrogen and oxygen atoms in total. The first kappa shape index (κ1) is 29.9. The van der Waals surface area contributed by atoms with Crippen LogP contribution in [0.5, 0.6) is 0 Å². The highest BCUT2D eigenvalue weighted by molar-refractivity contribution is 7.80. The molecule has 0 aromatic heterocycles.